The average Bonchev–Trinajstić information content (AvgIpc) is 3.45. The van der Waals surface area contributed by atoms with Gasteiger partial charge in [0, 0.05) is 24.8 Å². The summed E-state index contributed by atoms with van der Waals surface area (Å²) in [6.07, 6.45) is 1.75. The number of hydrogen-bond donors (Lipinski definition) is 2. The van der Waals surface area contributed by atoms with Crippen molar-refractivity contribution < 1.29 is 23.1 Å². The van der Waals surface area contributed by atoms with E-state index in [0.29, 0.717) is 18.8 Å². The van der Waals surface area contributed by atoms with Crippen molar-refractivity contribution in [3.8, 4) is 0 Å². The third kappa shape index (κ3) is 5.27. The second kappa shape index (κ2) is 8.81. The maximum atomic E-state index is 12.6. The fourth-order valence-corrected chi connectivity index (χ4v) is 4.45. The van der Waals surface area contributed by atoms with Crippen LogP contribution in [0.5, 0.6) is 0 Å². The summed E-state index contributed by atoms with van der Waals surface area (Å²) in [6.45, 7) is 5.76. The van der Waals surface area contributed by atoms with Crippen molar-refractivity contribution >= 4 is 27.6 Å². The van der Waals surface area contributed by atoms with Crippen LogP contribution < -0.4 is 5.32 Å². The van der Waals surface area contributed by atoms with Gasteiger partial charge in [-0.1, -0.05) is 19.9 Å². The predicted molar refractivity (Wildman–Crippen MR) is 102 cm³/mol. The first-order valence-electron chi connectivity index (χ1n) is 9.09. The summed E-state index contributed by atoms with van der Waals surface area (Å²) in [5.41, 5.74) is 0.368. The first-order chi connectivity index (χ1) is 12.7. The Balaban J connectivity index is 2.11. The zero-order valence-electron chi connectivity index (χ0n) is 15.9. The molecule has 1 amide bonds. The molecule has 1 aromatic carbocycles. The van der Waals surface area contributed by atoms with E-state index >= 15 is 0 Å². The summed E-state index contributed by atoms with van der Waals surface area (Å²) in [5, 5.41) is 11.9. The number of anilines is 1. The minimum absolute atomic E-state index is 0.0504. The highest BCUT2D eigenvalue weighted by Crippen LogP contribution is 2.28. The van der Waals surface area contributed by atoms with Crippen LogP contribution in [-0.4, -0.2) is 66.3 Å². The van der Waals surface area contributed by atoms with Crippen molar-refractivity contribution in [2.45, 2.75) is 50.6 Å². The van der Waals surface area contributed by atoms with Crippen molar-refractivity contribution in [1.82, 2.24) is 9.21 Å². The summed E-state index contributed by atoms with van der Waals surface area (Å²) in [6, 6.07) is 5.46. The Morgan fingerprint density at radius 2 is 1.89 bits per heavy atom. The van der Waals surface area contributed by atoms with Crippen molar-refractivity contribution in [1.29, 1.82) is 0 Å². The van der Waals surface area contributed by atoms with E-state index in [1.54, 1.807) is 37.8 Å². The zero-order chi connectivity index (χ0) is 20.2. The van der Waals surface area contributed by atoms with Gasteiger partial charge in [-0.25, -0.2) is 8.42 Å². The van der Waals surface area contributed by atoms with Crippen molar-refractivity contribution in [2.75, 3.05) is 25.0 Å². The van der Waals surface area contributed by atoms with E-state index in [0.717, 1.165) is 12.8 Å². The molecule has 0 heterocycles. The zero-order valence-corrected chi connectivity index (χ0v) is 16.7. The molecule has 2 rings (SSSR count). The van der Waals surface area contributed by atoms with Gasteiger partial charge in [0.2, 0.25) is 15.9 Å². The van der Waals surface area contributed by atoms with Gasteiger partial charge in [-0.3, -0.25) is 14.5 Å². The Morgan fingerprint density at radius 1 is 1.26 bits per heavy atom. The van der Waals surface area contributed by atoms with Crippen LogP contribution >= 0.6 is 0 Å². The molecule has 1 aromatic rings. The summed E-state index contributed by atoms with van der Waals surface area (Å²) in [5.74, 6) is -1.34. The van der Waals surface area contributed by atoms with Crippen molar-refractivity contribution in [3.63, 3.8) is 0 Å². The molecule has 150 valence electrons. The Labute approximate surface area is 160 Å². The molecular weight excluding hydrogens is 370 g/mol. The lowest BCUT2D eigenvalue weighted by molar-refractivity contribution is -0.143. The van der Waals surface area contributed by atoms with Gasteiger partial charge in [-0.05, 0) is 38.0 Å². The molecule has 27 heavy (non-hydrogen) atoms. The number of sulfonamides is 1. The third-order valence-corrected chi connectivity index (χ3v) is 6.70. The molecule has 8 nitrogen and oxygen atoms in total. The molecule has 1 unspecified atom stereocenters. The number of rotatable bonds is 10. The highest BCUT2D eigenvalue weighted by atomic mass is 32.2. The Bertz CT molecular complexity index is 788. The monoisotopic (exact) mass is 397 g/mol. The molecule has 0 bridgehead atoms. The van der Waals surface area contributed by atoms with Crippen LogP contribution in [0.2, 0.25) is 0 Å². The topological polar surface area (TPSA) is 107 Å². The molecule has 1 fully saturated rings. The van der Waals surface area contributed by atoms with Crippen LogP contribution in [0.4, 0.5) is 5.69 Å². The van der Waals surface area contributed by atoms with Gasteiger partial charge in [0.05, 0.1) is 11.4 Å². The fourth-order valence-electron chi connectivity index (χ4n) is 2.94. The SMILES string of the molecule is CCN(CC)S(=O)(=O)c1cccc(NC(=O)CN(C2CC2)C(C)C(=O)O)c1. The summed E-state index contributed by atoms with van der Waals surface area (Å²) in [7, 11) is -3.62. The van der Waals surface area contributed by atoms with Crippen LogP contribution in [0.1, 0.15) is 33.6 Å². The van der Waals surface area contributed by atoms with E-state index < -0.39 is 22.0 Å². The number of nitrogens with one attached hydrogen (secondary N) is 1. The number of carbonyl (C=O) groups is 2. The molecule has 0 radical (unpaired) electrons. The number of hydrogen-bond acceptors (Lipinski definition) is 5. The van der Waals surface area contributed by atoms with Crippen molar-refractivity contribution in [3.05, 3.63) is 24.3 Å². The molecular formula is C18H27N3O5S. The molecule has 1 aliphatic rings. The largest absolute Gasteiger partial charge is 0.480 e. The van der Waals surface area contributed by atoms with Gasteiger partial charge in [0.15, 0.2) is 0 Å². The minimum atomic E-state index is -3.62. The highest BCUT2D eigenvalue weighted by molar-refractivity contribution is 7.89. The highest BCUT2D eigenvalue weighted by Gasteiger charge is 2.36. The van der Waals surface area contributed by atoms with E-state index in [9.17, 15) is 23.1 Å². The Morgan fingerprint density at radius 3 is 2.41 bits per heavy atom. The van der Waals surface area contributed by atoms with E-state index in [2.05, 4.69) is 5.32 Å². The average molecular weight is 397 g/mol. The molecule has 1 saturated carbocycles. The normalized spacial score (nSPS) is 15.7. The number of carboxylic acid groups (broad SMARTS) is 1. The van der Waals surface area contributed by atoms with Crippen LogP contribution in [0.3, 0.4) is 0 Å². The maximum absolute atomic E-state index is 12.6. The van der Waals surface area contributed by atoms with Gasteiger partial charge in [-0.2, -0.15) is 4.31 Å². The quantitative estimate of drug-likeness (QED) is 0.621. The van der Waals surface area contributed by atoms with Crippen LogP contribution in [0, 0.1) is 0 Å². The summed E-state index contributed by atoms with van der Waals surface area (Å²) < 4.78 is 26.6. The Hall–Kier alpha value is -1.97. The van der Waals surface area contributed by atoms with E-state index in [4.69, 9.17) is 0 Å². The molecule has 9 heteroatoms. The van der Waals surface area contributed by atoms with Gasteiger partial charge in [0.25, 0.3) is 0 Å². The van der Waals surface area contributed by atoms with Crippen LogP contribution in [0.15, 0.2) is 29.2 Å². The van der Waals surface area contributed by atoms with E-state index in [1.165, 1.54) is 16.4 Å². The number of aliphatic carboxylic acids is 1. The van der Waals surface area contributed by atoms with E-state index in [-0.39, 0.29) is 23.4 Å². The molecule has 1 aliphatic carbocycles. The number of amides is 1. The molecule has 0 aromatic heterocycles. The number of carbonyl (C=O) groups excluding carboxylic acids is 1. The molecule has 1 atom stereocenters. The van der Waals surface area contributed by atoms with Crippen LogP contribution in [0.25, 0.3) is 0 Å². The number of nitrogens with zero attached hydrogens (tertiary/aromatic N) is 2. The van der Waals surface area contributed by atoms with Crippen LogP contribution in [-0.2, 0) is 19.6 Å². The standard InChI is InChI=1S/C18H27N3O5S/c1-4-20(5-2)27(25,26)16-8-6-7-14(11-16)19-17(22)12-21(15-9-10-15)13(3)18(23)24/h6-8,11,13,15H,4-5,9-10,12H2,1-3H3,(H,19,22)(H,23,24). The van der Waals surface area contributed by atoms with Gasteiger partial charge < -0.3 is 10.4 Å². The molecule has 0 aliphatic heterocycles. The smallest absolute Gasteiger partial charge is 0.320 e. The second-order valence-corrected chi connectivity index (χ2v) is 8.52. The second-order valence-electron chi connectivity index (χ2n) is 6.58. The van der Waals surface area contributed by atoms with Gasteiger partial charge in [0.1, 0.15) is 6.04 Å². The van der Waals surface area contributed by atoms with Crippen molar-refractivity contribution in [2.24, 2.45) is 0 Å². The first kappa shape index (κ1) is 21.3. The minimum Gasteiger partial charge on any atom is -0.480 e. The maximum Gasteiger partial charge on any atom is 0.320 e. The fraction of sp³-hybridized carbons (Fsp3) is 0.556. The van der Waals surface area contributed by atoms with E-state index in [1.807, 2.05) is 0 Å². The third-order valence-electron chi connectivity index (χ3n) is 4.66. The predicted octanol–water partition coefficient (Wildman–Crippen LogP) is 1.59. The van der Waals surface area contributed by atoms with Gasteiger partial charge >= 0.3 is 5.97 Å². The lowest BCUT2D eigenvalue weighted by atomic mass is 10.2. The molecule has 2 N–H and O–H groups in total. The first-order valence-corrected chi connectivity index (χ1v) is 10.5. The molecule has 0 saturated heterocycles. The lowest BCUT2D eigenvalue weighted by Crippen LogP contribution is -2.44. The Kier molecular flexibility index (Phi) is 6.96. The number of benzene rings is 1. The summed E-state index contributed by atoms with van der Waals surface area (Å²) in [4.78, 5) is 25.4. The summed E-state index contributed by atoms with van der Waals surface area (Å²) >= 11 is 0. The van der Waals surface area contributed by atoms with Gasteiger partial charge in [-0.15, -0.1) is 0 Å². The number of carboxylic acids is 1. The lowest BCUT2D eigenvalue weighted by Gasteiger charge is -2.25. The molecule has 0 spiro atoms.